The molecule has 1 atom stereocenters. The van der Waals surface area contributed by atoms with Gasteiger partial charge in [-0.2, -0.15) is 0 Å². The average molecular weight is 280 g/mol. The first kappa shape index (κ1) is 13.9. The first-order valence-corrected chi connectivity index (χ1v) is 6.27. The summed E-state index contributed by atoms with van der Waals surface area (Å²) in [4.78, 5) is 4.38. The van der Waals surface area contributed by atoms with Gasteiger partial charge in [-0.25, -0.2) is 0 Å². The third-order valence-corrected chi connectivity index (χ3v) is 3.38. The van der Waals surface area contributed by atoms with Crippen LogP contribution in [0.5, 0.6) is 5.75 Å². The van der Waals surface area contributed by atoms with Crippen molar-refractivity contribution in [1.82, 2.24) is 10.3 Å². The van der Waals surface area contributed by atoms with Crippen molar-refractivity contribution in [1.29, 1.82) is 0 Å². The summed E-state index contributed by atoms with van der Waals surface area (Å²) < 4.78 is 5.45. The fraction of sp³-hybridized carbons (Fsp3) is 0.357. The van der Waals surface area contributed by atoms with Gasteiger partial charge in [-0.3, -0.25) is 4.98 Å². The number of pyridine rings is 1. The normalized spacial score (nSPS) is 18.1. The van der Waals surface area contributed by atoms with Crippen LogP contribution in [0.1, 0.15) is 6.42 Å². The predicted molar refractivity (Wildman–Crippen MR) is 80.4 cm³/mol. The first-order valence-electron chi connectivity index (χ1n) is 6.27. The lowest BCUT2D eigenvalue weighted by atomic mass is 10.1. The molecular formula is C14H18ClN3O. The number of anilines is 1. The highest BCUT2D eigenvalue weighted by molar-refractivity contribution is 5.94. The van der Waals surface area contributed by atoms with Crippen LogP contribution in [0.2, 0.25) is 0 Å². The molecule has 5 heteroatoms. The topological polar surface area (TPSA) is 46.2 Å². The number of hydrogen-bond acceptors (Lipinski definition) is 4. The number of rotatable bonds is 3. The molecule has 2 heterocycles. The first-order chi connectivity index (χ1) is 8.88. The van der Waals surface area contributed by atoms with Crippen LogP contribution in [-0.4, -0.2) is 31.2 Å². The zero-order valence-electron chi connectivity index (χ0n) is 10.8. The van der Waals surface area contributed by atoms with Crippen LogP contribution < -0.4 is 15.4 Å². The number of ether oxygens (including phenoxy) is 1. The van der Waals surface area contributed by atoms with E-state index >= 15 is 0 Å². The Hall–Kier alpha value is -1.52. The number of nitrogens with one attached hydrogen (secondary N) is 2. The lowest BCUT2D eigenvalue weighted by Crippen LogP contribution is -2.22. The molecule has 1 aliphatic rings. The van der Waals surface area contributed by atoms with Crippen molar-refractivity contribution in [3.05, 3.63) is 30.5 Å². The summed E-state index contributed by atoms with van der Waals surface area (Å²) in [6, 6.07) is 8.46. The quantitative estimate of drug-likeness (QED) is 0.906. The van der Waals surface area contributed by atoms with E-state index in [1.165, 1.54) is 0 Å². The Labute approximate surface area is 119 Å². The summed E-state index contributed by atoms with van der Waals surface area (Å²) in [5.74, 6) is 0.877. The minimum absolute atomic E-state index is 0. The summed E-state index contributed by atoms with van der Waals surface area (Å²) in [5, 5.41) is 8.05. The monoisotopic (exact) mass is 279 g/mol. The SMILES string of the molecule is COc1ccc2ncccc2c1N[C@H]1CCNC1.Cl. The highest BCUT2D eigenvalue weighted by Crippen LogP contribution is 2.33. The molecule has 1 aromatic carbocycles. The van der Waals surface area contributed by atoms with Gasteiger partial charge in [0.25, 0.3) is 0 Å². The highest BCUT2D eigenvalue weighted by atomic mass is 35.5. The van der Waals surface area contributed by atoms with E-state index in [4.69, 9.17) is 4.74 Å². The lowest BCUT2D eigenvalue weighted by Gasteiger charge is -2.17. The standard InChI is InChI=1S/C14H17N3O.ClH/c1-18-13-5-4-12-11(3-2-7-16-12)14(13)17-10-6-8-15-9-10;/h2-5,7,10,15,17H,6,8-9H2,1H3;1H/t10-;/m0./s1. The van der Waals surface area contributed by atoms with Crippen molar-refractivity contribution in [2.24, 2.45) is 0 Å². The van der Waals surface area contributed by atoms with Gasteiger partial charge in [-0.15, -0.1) is 12.4 Å². The number of methoxy groups -OCH3 is 1. The van der Waals surface area contributed by atoms with Crippen LogP contribution >= 0.6 is 12.4 Å². The molecule has 0 saturated carbocycles. The summed E-state index contributed by atoms with van der Waals surface area (Å²) in [7, 11) is 1.70. The Bertz CT molecular complexity index is 555. The van der Waals surface area contributed by atoms with Crippen molar-refractivity contribution in [3.63, 3.8) is 0 Å². The number of aromatic nitrogens is 1. The smallest absolute Gasteiger partial charge is 0.142 e. The maximum absolute atomic E-state index is 5.45. The number of benzene rings is 1. The maximum Gasteiger partial charge on any atom is 0.142 e. The molecule has 2 aromatic rings. The lowest BCUT2D eigenvalue weighted by molar-refractivity contribution is 0.416. The van der Waals surface area contributed by atoms with Gasteiger partial charge in [0.15, 0.2) is 0 Å². The molecule has 0 spiro atoms. The van der Waals surface area contributed by atoms with Crippen molar-refractivity contribution >= 4 is 29.0 Å². The zero-order valence-corrected chi connectivity index (χ0v) is 11.7. The van der Waals surface area contributed by atoms with Crippen LogP contribution in [0, 0.1) is 0 Å². The molecule has 1 fully saturated rings. The van der Waals surface area contributed by atoms with Crippen LogP contribution in [-0.2, 0) is 0 Å². The van der Waals surface area contributed by atoms with E-state index < -0.39 is 0 Å². The maximum atomic E-state index is 5.45. The van der Waals surface area contributed by atoms with E-state index in [2.05, 4.69) is 21.7 Å². The fourth-order valence-electron chi connectivity index (χ4n) is 2.43. The molecule has 4 nitrogen and oxygen atoms in total. The number of fused-ring (bicyclic) bond motifs is 1. The second-order valence-corrected chi connectivity index (χ2v) is 4.55. The number of halogens is 1. The second-order valence-electron chi connectivity index (χ2n) is 4.55. The summed E-state index contributed by atoms with van der Waals surface area (Å²) >= 11 is 0. The molecule has 1 aliphatic heterocycles. The van der Waals surface area contributed by atoms with Gasteiger partial charge in [0.05, 0.1) is 18.3 Å². The Morgan fingerprint density at radius 1 is 1.37 bits per heavy atom. The van der Waals surface area contributed by atoms with Gasteiger partial charge in [0, 0.05) is 24.2 Å². The molecule has 0 amide bonds. The highest BCUT2D eigenvalue weighted by Gasteiger charge is 2.17. The molecule has 0 unspecified atom stereocenters. The Balaban J connectivity index is 0.00000133. The Morgan fingerprint density at radius 2 is 2.26 bits per heavy atom. The zero-order chi connectivity index (χ0) is 12.4. The number of nitrogens with zero attached hydrogens (tertiary/aromatic N) is 1. The molecular weight excluding hydrogens is 262 g/mol. The summed E-state index contributed by atoms with van der Waals surface area (Å²) in [5.41, 5.74) is 2.04. The second kappa shape index (κ2) is 6.08. The third-order valence-electron chi connectivity index (χ3n) is 3.38. The van der Waals surface area contributed by atoms with Crippen LogP contribution in [0.25, 0.3) is 10.9 Å². The van der Waals surface area contributed by atoms with Crippen molar-refractivity contribution < 1.29 is 4.74 Å². The molecule has 102 valence electrons. The van der Waals surface area contributed by atoms with Gasteiger partial charge in [0.2, 0.25) is 0 Å². The van der Waals surface area contributed by atoms with E-state index in [9.17, 15) is 0 Å². The van der Waals surface area contributed by atoms with E-state index in [1.54, 1.807) is 7.11 Å². The van der Waals surface area contributed by atoms with E-state index in [1.807, 2.05) is 24.4 Å². The van der Waals surface area contributed by atoms with Gasteiger partial charge >= 0.3 is 0 Å². The van der Waals surface area contributed by atoms with Gasteiger partial charge in [-0.1, -0.05) is 0 Å². The van der Waals surface area contributed by atoms with Crippen LogP contribution in [0.4, 0.5) is 5.69 Å². The Kier molecular flexibility index (Phi) is 4.45. The molecule has 19 heavy (non-hydrogen) atoms. The average Bonchev–Trinajstić information content (AvgIpc) is 2.92. The summed E-state index contributed by atoms with van der Waals surface area (Å²) in [6.07, 6.45) is 2.95. The van der Waals surface area contributed by atoms with Crippen molar-refractivity contribution in [3.8, 4) is 5.75 Å². The van der Waals surface area contributed by atoms with E-state index in [0.29, 0.717) is 6.04 Å². The molecule has 1 aromatic heterocycles. The molecule has 3 rings (SSSR count). The van der Waals surface area contributed by atoms with Crippen LogP contribution in [0.3, 0.4) is 0 Å². The van der Waals surface area contributed by atoms with Crippen molar-refractivity contribution in [2.75, 3.05) is 25.5 Å². The number of hydrogen-bond donors (Lipinski definition) is 2. The predicted octanol–water partition coefficient (Wildman–Crippen LogP) is 2.44. The minimum Gasteiger partial charge on any atom is -0.495 e. The molecule has 0 bridgehead atoms. The van der Waals surface area contributed by atoms with Gasteiger partial charge < -0.3 is 15.4 Å². The minimum atomic E-state index is 0. The van der Waals surface area contributed by atoms with E-state index in [0.717, 1.165) is 41.9 Å². The molecule has 1 saturated heterocycles. The molecule has 2 N–H and O–H groups in total. The largest absolute Gasteiger partial charge is 0.495 e. The fourth-order valence-corrected chi connectivity index (χ4v) is 2.43. The van der Waals surface area contributed by atoms with Crippen molar-refractivity contribution in [2.45, 2.75) is 12.5 Å². The van der Waals surface area contributed by atoms with Gasteiger partial charge in [-0.05, 0) is 37.2 Å². The van der Waals surface area contributed by atoms with Crippen LogP contribution in [0.15, 0.2) is 30.5 Å². The third kappa shape index (κ3) is 2.74. The summed E-state index contributed by atoms with van der Waals surface area (Å²) in [6.45, 7) is 2.07. The molecule has 0 radical (unpaired) electrons. The van der Waals surface area contributed by atoms with E-state index in [-0.39, 0.29) is 12.4 Å². The van der Waals surface area contributed by atoms with Gasteiger partial charge in [0.1, 0.15) is 5.75 Å². The Morgan fingerprint density at radius 3 is 3.00 bits per heavy atom. The molecule has 0 aliphatic carbocycles.